The third-order valence-electron chi connectivity index (χ3n) is 2.01. The van der Waals surface area contributed by atoms with Crippen LogP contribution in [0.3, 0.4) is 0 Å². The van der Waals surface area contributed by atoms with Gasteiger partial charge in [-0.1, -0.05) is 0 Å². The van der Waals surface area contributed by atoms with Crippen molar-refractivity contribution >= 4 is 27.2 Å². The van der Waals surface area contributed by atoms with Gasteiger partial charge in [0.05, 0.1) is 5.75 Å². The number of aromatic nitrogens is 4. The van der Waals surface area contributed by atoms with E-state index in [-0.39, 0.29) is 22.4 Å². The van der Waals surface area contributed by atoms with Crippen molar-refractivity contribution in [2.45, 2.75) is 11.9 Å². The number of halogens is 1. The molecule has 0 aliphatic heterocycles. The Kier molecular flexibility index (Phi) is 2.81. The van der Waals surface area contributed by atoms with Gasteiger partial charge in [-0.2, -0.15) is 14.6 Å². The van der Waals surface area contributed by atoms with E-state index in [1.165, 1.54) is 16.9 Å². The van der Waals surface area contributed by atoms with E-state index in [4.69, 9.17) is 11.6 Å². The summed E-state index contributed by atoms with van der Waals surface area (Å²) in [5, 5.41) is 3.91. The molecular formula is C8H9ClN4O2S. The van der Waals surface area contributed by atoms with Crippen LogP contribution < -0.4 is 0 Å². The van der Waals surface area contributed by atoms with E-state index < -0.39 is 9.84 Å². The van der Waals surface area contributed by atoms with Crippen LogP contribution in [0.4, 0.5) is 0 Å². The van der Waals surface area contributed by atoms with Crippen LogP contribution in [0.5, 0.6) is 0 Å². The van der Waals surface area contributed by atoms with Gasteiger partial charge < -0.3 is 0 Å². The molecule has 2 rings (SSSR count). The maximum absolute atomic E-state index is 11.9. The predicted molar refractivity (Wildman–Crippen MR) is 58.3 cm³/mol. The molecule has 0 unspecified atom stereocenters. The van der Waals surface area contributed by atoms with Crippen LogP contribution in [-0.2, 0) is 9.84 Å². The molecule has 0 saturated carbocycles. The van der Waals surface area contributed by atoms with Crippen LogP contribution in [0, 0.1) is 6.92 Å². The van der Waals surface area contributed by atoms with Gasteiger partial charge >= 0.3 is 0 Å². The highest BCUT2D eigenvalue weighted by Crippen LogP contribution is 2.13. The van der Waals surface area contributed by atoms with Crippen molar-refractivity contribution in [1.82, 2.24) is 19.6 Å². The zero-order valence-corrected chi connectivity index (χ0v) is 10.0. The molecule has 8 heteroatoms. The van der Waals surface area contributed by atoms with Crippen LogP contribution in [0.2, 0.25) is 0 Å². The standard InChI is InChI=1S/C8H9ClN4O2S/c1-6-4-7(16(14,15)3-2-9)13-8(12-6)10-5-11-13/h4-5H,2-3H2,1H3. The lowest BCUT2D eigenvalue weighted by molar-refractivity contribution is 0.588. The lowest BCUT2D eigenvalue weighted by Crippen LogP contribution is -2.14. The van der Waals surface area contributed by atoms with Crippen molar-refractivity contribution in [3.63, 3.8) is 0 Å². The summed E-state index contributed by atoms with van der Waals surface area (Å²) in [7, 11) is -3.44. The summed E-state index contributed by atoms with van der Waals surface area (Å²) in [4.78, 5) is 7.92. The molecule has 0 amide bonds. The van der Waals surface area contributed by atoms with Gasteiger partial charge in [0.2, 0.25) is 0 Å². The molecule has 2 heterocycles. The minimum absolute atomic E-state index is 0.0416. The van der Waals surface area contributed by atoms with Gasteiger partial charge in [0, 0.05) is 11.6 Å². The van der Waals surface area contributed by atoms with Crippen molar-refractivity contribution in [3.8, 4) is 0 Å². The number of nitrogens with zero attached hydrogens (tertiary/aromatic N) is 4. The molecule has 0 fully saturated rings. The van der Waals surface area contributed by atoms with Gasteiger partial charge in [-0.05, 0) is 13.0 Å². The molecule has 0 spiro atoms. The molecule has 2 aromatic heterocycles. The van der Waals surface area contributed by atoms with Gasteiger partial charge in [0.15, 0.2) is 14.9 Å². The molecule has 0 aliphatic rings. The van der Waals surface area contributed by atoms with Crippen molar-refractivity contribution in [2.75, 3.05) is 11.6 Å². The lowest BCUT2D eigenvalue weighted by atomic mass is 10.5. The number of alkyl halides is 1. The summed E-state index contributed by atoms with van der Waals surface area (Å²) in [6.45, 7) is 1.70. The Morgan fingerprint density at radius 3 is 2.94 bits per heavy atom. The molecule has 86 valence electrons. The van der Waals surface area contributed by atoms with Crippen molar-refractivity contribution in [3.05, 3.63) is 18.1 Å². The molecule has 0 aromatic carbocycles. The predicted octanol–water partition coefficient (Wildman–Crippen LogP) is 0.445. The Morgan fingerprint density at radius 1 is 1.50 bits per heavy atom. The zero-order chi connectivity index (χ0) is 11.8. The molecule has 16 heavy (non-hydrogen) atoms. The lowest BCUT2D eigenvalue weighted by Gasteiger charge is -2.04. The second-order valence-corrected chi connectivity index (χ2v) is 5.65. The summed E-state index contributed by atoms with van der Waals surface area (Å²) in [5.41, 5.74) is 0.577. The van der Waals surface area contributed by atoms with Crippen molar-refractivity contribution < 1.29 is 8.42 Å². The first kappa shape index (κ1) is 11.3. The number of rotatable bonds is 3. The minimum atomic E-state index is -3.44. The fraction of sp³-hybridized carbons (Fsp3) is 0.375. The average molecular weight is 261 g/mol. The average Bonchev–Trinajstić information content (AvgIpc) is 2.63. The van der Waals surface area contributed by atoms with Gasteiger partial charge in [0.1, 0.15) is 6.33 Å². The summed E-state index contributed by atoms with van der Waals surface area (Å²) >= 11 is 5.46. The van der Waals surface area contributed by atoms with Crippen LogP contribution >= 0.6 is 11.6 Å². The number of hydrogen-bond acceptors (Lipinski definition) is 5. The zero-order valence-electron chi connectivity index (χ0n) is 8.46. The van der Waals surface area contributed by atoms with E-state index in [1.807, 2.05) is 0 Å². The number of aryl methyl sites for hydroxylation is 1. The monoisotopic (exact) mass is 260 g/mol. The molecule has 2 aromatic rings. The van der Waals surface area contributed by atoms with Crippen LogP contribution in [-0.4, -0.2) is 39.6 Å². The molecule has 6 nitrogen and oxygen atoms in total. The van der Waals surface area contributed by atoms with Gasteiger partial charge in [-0.3, -0.25) is 0 Å². The second kappa shape index (κ2) is 3.99. The Hall–Kier alpha value is -1.21. The van der Waals surface area contributed by atoms with Crippen LogP contribution in [0.15, 0.2) is 17.4 Å². The molecule has 0 saturated heterocycles. The topological polar surface area (TPSA) is 77.2 Å². The van der Waals surface area contributed by atoms with Gasteiger partial charge in [0.25, 0.3) is 5.78 Å². The fourth-order valence-electron chi connectivity index (χ4n) is 1.32. The smallest absolute Gasteiger partial charge is 0.222 e. The van der Waals surface area contributed by atoms with Gasteiger partial charge in [-0.25, -0.2) is 13.4 Å². The number of hydrogen-bond donors (Lipinski definition) is 0. The minimum Gasteiger partial charge on any atom is -0.222 e. The first-order valence-electron chi connectivity index (χ1n) is 4.51. The third-order valence-corrected chi connectivity index (χ3v) is 4.09. The SMILES string of the molecule is Cc1cc(S(=O)(=O)CCCl)n2ncnc2n1. The fourth-order valence-corrected chi connectivity index (χ4v) is 3.09. The molecule has 0 aliphatic carbocycles. The first-order chi connectivity index (χ1) is 7.54. The highest BCUT2D eigenvalue weighted by atomic mass is 35.5. The highest BCUT2D eigenvalue weighted by Gasteiger charge is 2.19. The first-order valence-corrected chi connectivity index (χ1v) is 6.69. The summed E-state index contributed by atoms with van der Waals surface area (Å²) in [6, 6.07) is 1.46. The van der Waals surface area contributed by atoms with Gasteiger partial charge in [-0.15, -0.1) is 11.6 Å². The number of fused-ring (bicyclic) bond motifs is 1. The Bertz CT molecular complexity index is 622. The molecular weight excluding hydrogens is 252 g/mol. The Morgan fingerprint density at radius 2 is 2.25 bits per heavy atom. The quantitative estimate of drug-likeness (QED) is 0.591. The van der Waals surface area contributed by atoms with E-state index in [1.54, 1.807) is 6.92 Å². The van der Waals surface area contributed by atoms with E-state index in [9.17, 15) is 8.42 Å². The van der Waals surface area contributed by atoms with E-state index in [0.29, 0.717) is 5.69 Å². The summed E-state index contributed by atoms with van der Waals surface area (Å²) in [6.07, 6.45) is 1.27. The van der Waals surface area contributed by atoms with E-state index in [0.717, 1.165) is 0 Å². The normalized spacial score (nSPS) is 12.1. The molecule has 0 N–H and O–H groups in total. The molecule has 0 atom stereocenters. The van der Waals surface area contributed by atoms with Crippen molar-refractivity contribution in [1.29, 1.82) is 0 Å². The highest BCUT2D eigenvalue weighted by molar-refractivity contribution is 7.91. The Labute approximate surface area is 97.2 Å². The Balaban J connectivity index is 2.72. The van der Waals surface area contributed by atoms with Crippen LogP contribution in [0.25, 0.3) is 5.78 Å². The third kappa shape index (κ3) is 1.88. The molecule has 0 bridgehead atoms. The van der Waals surface area contributed by atoms with E-state index >= 15 is 0 Å². The number of sulfone groups is 1. The van der Waals surface area contributed by atoms with Crippen LogP contribution in [0.1, 0.15) is 5.69 Å². The second-order valence-electron chi connectivity index (χ2n) is 3.22. The van der Waals surface area contributed by atoms with E-state index in [2.05, 4.69) is 15.1 Å². The largest absolute Gasteiger partial charge is 0.253 e. The maximum Gasteiger partial charge on any atom is 0.253 e. The maximum atomic E-state index is 11.9. The summed E-state index contributed by atoms with van der Waals surface area (Å²) < 4.78 is 25.0. The summed E-state index contributed by atoms with van der Waals surface area (Å²) in [5.74, 6) is 0.181. The molecule has 0 radical (unpaired) electrons. The van der Waals surface area contributed by atoms with Crippen molar-refractivity contribution in [2.24, 2.45) is 0 Å².